The highest BCUT2D eigenvalue weighted by molar-refractivity contribution is 6.29. The van der Waals surface area contributed by atoms with E-state index in [2.05, 4.69) is 20.2 Å². The van der Waals surface area contributed by atoms with Gasteiger partial charge in [0.15, 0.2) is 11.5 Å². The van der Waals surface area contributed by atoms with Crippen molar-refractivity contribution in [1.82, 2.24) is 24.6 Å². The van der Waals surface area contributed by atoms with E-state index < -0.39 is 5.82 Å². The predicted octanol–water partition coefficient (Wildman–Crippen LogP) is 1.98. The molecule has 17 heavy (non-hydrogen) atoms. The fourth-order valence-corrected chi connectivity index (χ4v) is 1.76. The summed E-state index contributed by atoms with van der Waals surface area (Å²) in [7, 11) is 0. The van der Waals surface area contributed by atoms with E-state index >= 15 is 0 Å². The fourth-order valence-electron chi connectivity index (χ4n) is 1.53. The number of rotatable bonds is 1. The molecule has 0 atom stereocenters. The van der Waals surface area contributed by atoms with Gasteiger partial charge in [-0.1, -0.05) is 11.6 Å². The molecule has 0 aliphatic carbocycles. The van der Waals surface area contributed by atoms with E-state index in [4.69, 9.17) is 11.6 Å². The van der Waals surface area contributed by atoms with Crippen LogP contribution in [0.2, 0.25) is 5.15 Å². The maximum Gasteiger partial charge on any atom is 0.180 e. The van der Waals surface area contributed by atoms with Crippen molar-refractivity contribution in [3.05, 3.63) is 41.8 Å². The first-order chi connectivity index (χ1) is 8.25. The average molecular weight is 250 g/mol. The van der Waals surface area contributed by atoms with Crippen LogP contribution in [0.3, 0.4) is 0 Å². The zero-order chi connectivity index (χ0) is 11.8. The Kier molecular flexibility index (Phi) is 2.22. The van der Waals surface area contributed by atoms with Gasteiger partial charge in [-0.2, -0.15) is 0 Å². The van der Waals surface area contributed by atoms with Gasteiger partial charge < -0.3 is 0 Å². The fraction of sp³-hybridized carbons (Fsp3) is 0. The molecule has 0 saturated heterocycles. The van der Waals surface area contributed by atoms with Crippen LogP contribution in [0, 0.1) is 5.82 Å². The van der Waals surface area contributed by atoms with Gasteiger partial charge in [-0.3, -0.25) is 14.4 Å². The molecule has 0 aromatic carbocycles. The van der Waals surface area contributed by atoms with E-state index in [9.17, 15) is 4.39 Å². The quantitative estimate of drug-likeness (QED) is 0.662. The maximum atomic E-state index is 13.1. The van der Waals surface area contributed by atoms with Gasteiger partial charge in [0.1, 0.15) is 11.0 Å². The van der Waals surface area contributed by atoms with Gasteiger partial charge >= 0.3 is 0 Å². The second kappa shape index (κ2) is 3.74. The number of hydrogen-bond donors (Lipinski definition) is 0. The zero-order valence-corrected chi connectivity index (χ0v) is 9.13. The van der Waals surface area contributed by atoms with Crippen molar-refractivity contribution in [2.75, 3.05) is 0 Å². The minimum Gasteiger partial charge on any atom is -0.262 e. The molecular formula is C10H5ClFN5. The van der Waals surface area contributed by atoms with Gasteiger partial charge in [0.05, 0.1) is 18.6 Å². The van der Waals surface area contributed by atoms with Gasteiger partial charge in [0, 0.05) is 11.8 Å². The molecule has 0 aliphatic rings. The molecule has 7 heteroatoms. The van der Waals surface area contributed by atoms with Crippen LogP contribution in [0.15, 0.2) is 30.9 Å². The van der Waals surface area contributed by atoms with E-state index in [0.29, 0.717) is 22.2 Å². The minimum atomic E-state index is -0.440. The molecule has 0 amide bonds. The van der Waals surface area contributed by atoms with Crippen molar-refractivity contribution < 1.29 is 4.39 Å². The Morgan fingerprint density at radius 1 is 1.06 bits per heavy atom. The monoisotopic (exact) mass is 249 g/mol. The molecule has 0 bridgehead atoms. The summed E-state index contributed by atoms with van der Waals surface area (Å²) in [5.41, 5.74) is 1.00. The second-order valence-electron chi connectivity index (χ2n) is 3.34. The molecule has 0 spiro atoms. The number of pyridine rings is 1. The predicted molar refractivity (Wildman–Crippen MR) is 59.0 cm³/mol. The topological polar surface area (TPSA) is 56.0 Å². The summed E-state index contributed by atoms with van der Waals surface area (Å²) >= 11 is 6.00. The summed E-state index contributed by atoms with van der Waals surface area (Å²) in [4.78, 5) is 7.65. The highest BCUT2D eigenvalue weighted by Crippen LogP contribution is 2.21. The second-order valence-corrected chi connectivity index (χ2v) is 3.73. The van der Waals surface area contributed by atoms with Crippen LogP contribution in [-0.4, -0.2) is 24.6 Å². The normalized spacial score (nSPS) is 10.9. The molecule has 0 N–H and O–H groups in total. The standard InChI is InChI=1S/C10H5ClFN5/c11-8-4-14-5-9-15-16-10(17(8)9)6-1-7(12)3-13-2-6/h1-5H. The van der Waals surface area contributed by atoms with Crippen molar-refractivity contribution in [3.63, 3.8) is 0 Å². The van der Waals surface area contributed by atoms with Crippen molar-refractivity contribution in [2.45, 2.75) is 0 Å². The number of halogens is 2. The molecular weight excluding hydrogens is 245 g/mol. The van der Waals surface area contributed by atoms with Crippen LogP contribution in [0.4, 0.5) is 4.39 Å². The van der Waals surface area contributed by atoms with Crippen molar-refractivity contribution in [2.24, 2.45) is 0 Å². The Bertz CT molecular complexity index is 696. The number of aromatic nitrogens is 5. The van der Waals surface area contributed by atoms with Crippen molar-refractivity contribution >= 4 is 17.2 Å². The lowest BCUT2D eigenvalue weighted by Crippen LogP contribution is -1.93. The van der Waals surface area contributed by atoms with E-state index in [1.54, 1.807) is 4.40 Å². The van der Waals surface area contributed by atoms with Crippen LogP contribution < -0.4 is 0 Å². The van der Waals surface area contributed by atoms with Gasteiger partial charge in [0.25, 0.3) is 0 Å². The molecule has 84 valence electrons. The molecule has 5 nitrogen and oxygen atoms in total. The first kappa shape index (κ1) is 10.1. The molecule has 0 radical (unpaired) electrons. The first-order valence-corrected chi connectivity index (χ1v) is 5.09. The molecule has 0 aliphatic heterocycles. The largest absolute Gasteiger partial charge is 0.262 e. The average Bonchev–Trinajstić information content (AvgIpc) is 2.74. The van der Waals surface area contributed by atoms with Crippen LogP contribution in [0.1, 0.15) is 0 Å². The SMILES string of the molecule is Fc1cncc(-c2nnc3cncc(Cl)n23)c1. The van der Waals surface area contributed by atoms with Crippen LogP contribution >= 0.6 is 11.6 Å². The summed E-state index contributed by atoms with van der Waals surface area (Å²) in [5, 5.41) is 8.20. The van der Waals surface area contributed by atoms with Crippen LogP contribution in [0.25, 0.3) is 17.0 Å². The Labute approximate surface area is 99.9 Å². The molecule has 0 unspecified atom stereocenters. The summed E-state index contributed by atoms with van der Waals surface area (Å²) < 4.78 is 14.7. The lowest BCUT2D eigenvalue weighted by atomic mass is 10.2. The van der Waals surface area contributed by atoms with E-state index in [1.807, 2.05) is 0 Å². The molecule has 0 fully saturated rings. The number of fused-ring (bicyclic) bond motifs is 1. The van der Waals surface area contributed by atoms with E-state index in [-0.39, 0.29) is 0 Å². The van der Waals surface area contributed by atoms with Gasteiger partial charge in [0.2, 0.25) is 0 Å². The lowest BCUT2D eigenvalue weighted by molar-refractivity contribution is 0.622. The van der Waals surface area contributed by atoms with E-state index in [0.717, 1.165) is 6.20 Å². The van der Waals surface area contributed by atoms with E-state index in [1.165, 1.54) is 24.7 Å². The Morgan fingerprint density at radius 2 is 1.88 bits per heavy atom. The Balaban J connectivity index is 2.31. The summed E-state index contributed by atoms with van der Waals surface area (Å²) in [6, 6.07) is 1.32. The first-order valence-electron chi connectivity index (χ1n) is 4.71. The number of nitrogens with zero attached hydrogens (tertiary/aromatic N) is 5. The molecule has 0 saturated carbocycles. The Hall–Kier alpha value is -2.08. The summed E-state index contributed by atoms with van der Waals surface area (Å²) in [5.74, 6) is -0.0103. The molecule has 3 aromatic heterocycles. The Morgan fingerprint density at radius 3 is 2.71 bits per heavy atom. The highest BCUT2D eigenvalue weighted by atomic mass is 35.5. The third-order valence-electron chi connectivity index (χ3n) is 2.24. The number of hydrogen-bond acceptors (Lipinski definition) is 4. The minimum absolute atomic E-state index is 0.353. The van der Waals surface area contributed by atoms with Crippen LogP contribution in [0.5, 0.6) is 0 Å². The maximum absolute atomic E-state index is 13.1. The van der Waals surface area contributed by atoms with Crippen molar-refractivity contribution in [3.8, 4) is 11.4 Å². The van der Waals surface area contributed by atoms with Crippen LogP contribution in [-0.2, 0) is 0 Å². The van der Waals surface area contributed by atoms with Crippen molar-refractivity contribution in [1.29, 1.82) is 0 Å². The zero-order valence-electron chi connectivity index (χ0n) is 8.38. The highest BCUT2D eigenvalue weighted by Gasteiger charge is 2.11. The smallest absolute Gasteiger partial charge is 0.180 e. The summed E-state index contributed by atoms with van der Waals surface area (Å²) in [6.07, 6.45) is 5.61. The van der Waals surface area contributed by atoms with Gasteiger partial charge in [-0.15, -0.1) is 10.2 Å². The molecule has 3 aromatic rings. The van der Waals surface area contributed by atoms with Gasteiger partial charge in [-0.25, -0.2) is 4.39 Å². The van der Waals surface area contributed by atoms with Gasteiger partial charge in [-0.05, 0) is 6.07 Å². The third-order valence-corrected chi connectivity index (χ3v) is 2.50. The summed E-state index contributed by atoms with van der Waals surface area (Å²) in [6.45, 7) is 0. The molecule has 3 heterocycles. The third kappa shape index (κ3) is 1.62. The lowest BCUT2D eigenvalue weighted by Gasteiger charge is -2.01. The molecule has 3 rings (SSSR count).